The van der Waals surface area contributed by atoms with Crippen molar-refractivity contribution in [1.82, 2.24) is 14.9 Å². The summed E-state index contributed by atoms with van der Waals surface area (Å²) >= 11 is 1.94. The topological polar surface area (TPSA) is 49.3 Å². The third kappa shape index (κ3) is 3.37. The highest BCUT2D eigenvalue weighted by atomic mass is 32.2. The Bertz CT molecular complexity index is 490. The molecule has 1 aromatic heterocycles. The number of carbonyl (C=O) groups is 1. The summed E-state index contributed by atoms with van der Waals surface area (Å²) in [6.07, 6.45) is 9.34. The van der Waals surface area contributed by atoms with Crippen LogP contribution in [0.4, 0.5) is 5.82 Å². The van der Waals surface area contributed by atoms with Crippen LogP contribution < -0.4 is 4.90 Å². The largest absolute Gasteiger partial charge is 0.355 e. The van der Waals surface area contributed by atoms with Gasteiger partial charge in [-0.2, -0.15) is 0 Å². The average Bonchev–Trinajstić information content (AvgIpc) is 3.04. The van der Waals surface area contributed by atoms with Crippen molar-refractivity contribution < 1.29 is 4.79 Å². The first-order valence-corrected chi connectivity index (χ1v) is 9.27. The van der Waals surface area contributed by atoms with Gasteiger partial charge in [0.25, 0.3) is 0 Å². The molecule has 0 aromatic carbocycles. The van der Waals surface area contributed by atoms with Crippen molar-refractivity contribution in [2.45, 2.75) is 38.0 Å². The molecule has 1 atom stereocenters. The van der Waals surface area contributed by atoms with Gasteiger partial charge >= 0.3 is 0 Å². The monoisotopic (exact) mass is 320 g/mol. The van der Waals surface area contributed by atoms with Crippen molar-refractivity contribution in [3.05, 3.63) is 18.6 Å². The zero-order chi connectivity index (χ0) is 15.4. The van der Waals surface area contributed by atoms with Gasteiger partial charge in [-0.1, -0.05) is 13.3 Å². The van der Waals surface area contributed by atoms with Crippen molar-refractivity contribution in [3.8, 4) is 0 Å². The molecule has 0 unspecified atom stereocenters. The number of hydrogen-bond acceptors (Lipinski definition) is 5. The second-order valence-corrected chi connectivity index (χ2v) is 7.26. The van der Waals surface area contributed by atoms with Gasteiger partial charge in [-0.05, 0) is 19.3 Å². The molecule has 3 heterocycles. The van der Waals surface area contributed by atoms with Crippen LogP contribution in [0, 0.1) is 5.92 Å². The van der Waals surface area contributed by atoms with E-state index in [9.17, 15) is 4.79 Å². The smallest absolute Gasteiger partial charge is 0.226 e. The van der Waals surface area contributed by atoms with E-state index >= 15 is 0 Å². The predicted octanol–water partition coefficient (Wildman–Crippen LogP) is 2.39. The zero-order valence-electron chi connectivity index (χ0n) is 13.1. The number of aromatic nitrogens is 2. The zero-order valence-corrected chi connectivity index (χ0v) is 14.0. The van der Waals surface area contributed by atoms with Crippen molar-refractivity contribution in [1.29, 1.82) is 0 Å². The van der Waals surface area contributed by atoms with Crippen LogP contribution in [-0.4, -0.2) is 51.5 Å². The lowest BCUT2D eigenvalue weighted by atomic mass is 9.95. The van der Waals surface area contributed by atoms with Gasteiger partial charge in [-0.3, -0.25) is 9.78 Å². The van der Waals surface area contributed by atoms with Crippen LogP contribution in [0.5, 0.6) is 0 Å². The lowest BCUT2D eigenvalue weighted by molar-refractivity contribution is -0.136. The predicted molar refractivity (Wildman–Crippen MR) is 89.8 cm³/mol. The maximum absolute atomic E-state index is 12.8. The molecule has 2 fully saturated rings. The summed E-state index contributed by atoms with van der Waals surface area (Å²) in [5.74, 6) is 2.58. The van der Waals surface area contributed by atoms with Crippen LogP contribution in [0.25, 0.3) is 0 Å². The van der Waals surface area contributed by atoms with Gasteiger partial charge in [0.1, 0.15) is 5.82 Å². The van der Waals surface area contributed by atoms with Gasteiger partial charge in [0.15, 0.2) is 0 Å². The van der Waals surface area contributed by atoms with Crippen LogP contribution in [0.2, 0.25) is 0 Å². The lowest BCUT2D eigenvalue weighted by Crippen LogP contribution is -2.44. The summed E-state index contributed by atoms with van der Waals surface area (Å²) in [6, 6.07) is 0. The fourth-order valence-electron chi connectivity index (χ4n) is 3.30. The molecular weight excluding hydrogens is 296 g/mol. The summed E-state index contributed by atoms with van der Waals surface area (Å²) in [5, 5.41) is 0.413. The fraction of sp³-hybridized carbons (Fsp3) is 0.688. The number of hydrogen-bond donors (Lipinski definition) is 0. The molecule has 6 heteroatoms. The summed E-state index contributed by atoms with van der Waals surface area (Å²) in [6.45, 7) is 4.92. The standard InChI is InChI=1S/C16H24N4OS/c1-2-3-15-20(10-11-22-15)16(21)13-4-8-19(9-5-13)14-12-17-6-7-18-14/h6-7,12-13,15H,2-5,8-11H2,1H3/t15-/m0/s1. The Morgan fingerprint density at radius 3 is 2.82 bits per heavy atom. The van der Waals surface area contributed by atoms with Gasteiger partial charge in [0.05, 0.1) is 11.6 Å². The number of nitrogens with zero attached hydrogens (tertiary/aromatic N) is 4. The minimum atomic E-state index is 0.186. The Balaban J connectivity index is 1.56. The summed E-state index contributed by atoms with van der Waals surface area (Å²) in [5.41, 5.74) is 0. The van der Waals surface area contributed by atoms with Gasteiger partial charge < -0.3 is 9.80 Å². The van der Waals surface area contributed by atoms with E-state index in [-0.39, 0.29) is 5.92 Å². The molecule has 2 aliphatic heterocycles. The maximum Gasteiger partial charge on any atom is 0.226 e. The highest BCUT2D eigenvalue weighted by molar-refractivity contribution is 8.00. The maximum atomic E-state index is 12.8. The molecule has 0 spiro atoms. The van der Waals surface area contributed by atoms with Crippen LogP contribution in [0.15, 0.2) is 18.6 Å². The first-order valence-electron chi connectivity index (χ1n) is 8.22. The molecule has 0 aliphatic carbocycles. The highest BCUT2D eigenvalue weighted by Crippen LogP contribution is 2.31. The molecule has 22 heavy (non-hydrogen) atoms. The van der Waals surface area contributed by atoms with E-state index in [1.165, 1.54) is 0 Å². The van der Waals surface area contributed by atoms with Gasteiger partial charge in [0, 0.05) is 43.7 Å². The number of anilines is 1. The van der Waals surface area contributed by atoms with Gasteiger partial charge in [-0.15, -0.1) is 11.8 Å². The van der Waals surface area contributed by atoms with Gasteiger partial charge in [-0.25, -0.2) is 4.98 Å². The van der Waals surface area contributed by atoms with E-state index in [1.54, 1.807) is 18.6 Å². The van der Waals surface area contributed by atoms with E-state index in [0.29, 0.717) is 11.3 Å². The third-order valence-corrected chi connectivity index (χ3v) is 5.82. The molecular formula is C16H24N4OS. The molecule has 0 saturated carbocycles. The quantitative estimate of drug-likeness (QED) is 0.852. The Kier molecular flexibility index (Phi) is 5.18. The molecule has 0 N–H and O–H groups in total. The second kappa shape index (κ2) is 7.31. The van der Waals surface area contributed by atoms with Crippen LogP contribution >= 0.6 is 11.8 Å². The minimum absolute atomic E-state index is 0.186. The first-order chi connectivity index (χ1) is 10.8. The van der Waals surface area contributed by atoms with Crippen molar-refractivity contribution in [2.24, 2.45) is 5.92 Å². The molecule has 1 aromatic rings. The van der Waals surface area contributed by atoms with Crippen LogP contribution in [-0.2, 0) is 4.79 Å². The van der Waals surface area contributed by atoms with E-state index in [0.717, 1.165) is 56.9 Å². The Labute approximate surface area is 136 Å². The molecule has 2 aliphatic rings. The second-order valence-electron chi connectivity index (χ2n) is 5.97. The van der Waals surface area contributed by atoms with E-state index < -0.39 is 0 Å². The SMILES string of the molecule is CCC[C@@H]1SCCN1C(=O)C1CCN(c2cnccn2)CC1. The minimum Gasteiger partial charge on any atom is -0.355 e. The number of amides is 1. The molecule has 0 bridgehead atoms. The summed E-state index contributed by atoms with van der Waals surface area (Å²) in [4.78, 5) is 25.6. The number of carbonyl (C=O) groups excluding carboxylic acids is 1. The molecule has 3 rings (SSSR count). The Morgan fingerprint density at radius 1 is 1.32 bits per heavy atom. The molecule has 120 valence electrons. The third-order valence-electron chi connectivity index (χ3n) is 4.53. The van der Waals surface area contributed by atoms with Crippen LogP contribution in [0.3, 0.4) is 0 Å². The summed E-state index contributed by atoms with van der Waals surface area (Å²) in [7, 11) is 0. The Hall–Kier alpha value is -1.30. The molecule has 2 saturated heterocycles. The highest BCUT2D eigenvalue weighted by Gasteiger charge is 2.34. The number of piperidine rings is 1. The van der Waals surface area contributed by atoms with Gasteiger partial charge in [0.2, 0.25) is 5.91 Å². The summed E-state index contributed by atoms with van der Waals surface area (Å²) < 4.78 is 0. The van der Waals surface area contributed by atoms with Crippen molar-refractivity contribution >= 4 is 23.5 Å². The van der Waals surface area contributed by atoms with E-state index in [1.807, 2.05) is 11.8 Å². The molecule has 0 radical (unpaired) electrons. The van der Waals surface area contributed by atoms with E-state index in [2.05, 4.69) is 26.7 Å². The molecule has 5 nitrogen and oxygen atoms in total. The Morgan fingerprint density at radius 2 is 2.14 bits per heavy atom. The average molecular weight is 320 g/mol. The van der Waals surface area contributed by atoms with E-state index in [4.69, 9.17) is 0 Å². The normalized spacial score (nSPS) is 23.0. The van der Waals surface area contributed by atoms with Crippen LogP contribution in [0.1, 0.15) is 32.6 Å². The molecule has 1 amide bonds. The lowest BCUT2D eigenvalue weighted by Gasteiger charge is -2.35. The van der Waals surface area contributed by atoms with Crippen molar-refractivity contribution in [3.63, 3.8) is 0 Å². The number of rotatable bonds is 4. The fourth-order valence-corrected chi connectivity index (χ4v) is 4.67. The van der Waals surface area contributed by atoms with Crippen molar-refractivity contribution in [2.75, 3.05) is 30.3 Å². The first kappa shape index (κ1) is 15.6. The number of thioether (sulfide) groups is 1.